The van der Waals surface area contributed by atoms with Crippen LogP contribution in [0.3, 0.4) is 0 Å². The molecule has 2 aromatic rings. The normalized spacial score (nSPS) is 12.5. The highest BCUT2D eigenvalue weighted by Gasteiger charge is 2.14. The summed E-state index contributed by atoms with van der Waals surface area (Å²) < 4.78 is 0.898. The summed E-state index contributed by atoms with van der Waals surface area (Å²) in [7, 11) is 0. The van der Waals surface area contributed by atoms with Crippen molar-refractivity contribution in [1.29, 1.82) is 0 Å². The van der Waals surface area contributed by atoms with Gasteiger partial charge in [-0.15, -0.1) is 0 Å². The largest absolute Gasteiger partial charge is 0.0843 e. The Morgan fingerprint density at radius 1 is 0.941 bits per heavy atom. The van der Waals surface area contributed by atoms with Crippen molar-refractivity contribution < 1.29 is 0 Å². The van der Waals surface area contributed by atoms with E-state index in [9.17, 15) is 0 Å². The van der Waals surface area contributed by atoms with Gasteiger partial charge >= 0.3 is 0 Å². The van der Waals surface area contributed by atoms with Crippen molar-refractivity contribution in [2.75, 3.05) is 0 Å². The fourth-order valence-electron chi connectivity index (χ4n) is 1.53. The van der Waals surface area contributed by atoms with E-state index in [2.05, 4.69) is 31.9 Å². The predicted octanol–water partition coefficient (Wildman–Crippen LogP) is 6.24. The summed E-state index contributed by atoms with van der Waals surface area (Å²) >= 11 is 19.2. The molecule has 4 heteroatoms. The first kappa shape index (κ1) is 13.4. The van der Waals surface area contributed by atoms with E-state index in [0.717, 1.165) is 25.6 Å². The molecule has 0 aliphatic carbocycles. The van der Waals surface area contributed by atoms with Crippen molar-refractivity contribution in [3.8, 4) is 0 Å². The van der Waals surface area contributed by atoms with Crippen LogP contribution in [0.15, 0.2) is 46.9 Å². The van der Waals surface area contributed by atoms with Crippen LogP contribution in [0, 0.1) is 0 Å². The summed E-state index contributed by atoms with van der Waals surface area (Å²) in [4.78, 5) is 0.0600. The van der Waals surface area contributed by atoms with Crippen LogP contribution in [0.1, 0.15) is 16.0 Å². The Balaban J connectivity index is 2.40. The van der Waals surface area contributed by atoms with Crippen molar-refractivity contribution in [3.63, 3.8) is 0 Å². The van der Waals surface area contributed by atoms with E-state index in [1.165, 1.54) is 0 Å². The molecule has 0 heterocycles. The second-order valence-corrected chi connectivity index (χ2v) is 6.14. The zero-order valence-electron chi connectivity index (χ0n) is 8.63. The van der Waals surface area contributed by atoms with Gasteiger partial charge in [0.2, 0.25) is 0 Å². The molecule has 2 rings (SSSR count). The van der Waals surface area contributed by atoms with Crippen LogP contribution in [0.25, 0.3) is 0 Å². The smallest absolute Gasteiger partial charge is 0.0659 e. The number of hydrogen-bond donors (Lipinski definition) is 0. The van der Waals surface area contributed by atoms with Gasteiger partial charge in [-0.2, -0.15) is 0 Å². The van der Waals surface area contributed by atoms with Gasteiger partial charge in [-0.1, -0.05) is 63.4 Å². The Morgan fingerprint density at radius 3 is 2.24 bits per heavy atom. The molecular weight excluding hydrogens is 387 g/mol. The number of benzene rings is 2. The summed E-state index contributed by atoms with van der Waals surface area (Å²) in [6, 6.07) is 13.6. The molecular formula is C13H8Br2Cl2. The zero-order valence-corrected chi connectivity index (χ0v) is 13.3. The first-order chi connectivity index (χ1) is 8.09. The maximum Gasteiger partial charge on any atom is 0.0659 e. The molecule has 0 spiro atoms. The third kappa shape index (κ3) is 3.05. The highest BCUT2D eigenvalue weighted by Crippen LogP contribution is 2.38. The molecule has 0 aliphatic heterocycles. The Bertz CT molecular complexity index is 523. The molecule has 0 saturated heterocycles. The van der Waals surface area contributed by atoms with E-state index in [4.69, 9.17) is 23.2 Å². The number of alkyl halides is 1. The van der Waals surface area contributed by atoms with Gasteiger partial charge in [0.15, 0.2) is 0 Å². The van der Waals surface area contributed by atoms with Gasteiger partial charge in [-0.3, -0.25) is 0 Å². The van der Waals surface area contributed by atoms with E-state index < -0.39 is 0 Å². The Labute approximate surface area is 127 Å². The Kier molecular flexibility index (Phi) is 4.53. The van der Waals surface area contributed by atoms with Gasteiger partial charge in [0.1, 0.15) is 0 Å². The summed E-state index contributed by atoms with van der Waals surface area (Å²) in [6.07, 6.45) is 0. The van der Waals surface area contributed by atoms with Gasteiger partial charge in [0, 0.05) is 9.50 Å². The van der Waals surface area contributed by atoms with Crippen molar-refractivity contribution in [3.05, 3.63) is 68.1 Å². The minimum atomic E-state index is 0.0600. The summed E-state index contributed by atoms with van der Waals surface area (Å²) in [6.45, 7) is 0. The minimum Gasteiger partial charge on any atom is -0.0843 e. The minimum absolute atomic E-state index is 0.0600. The molecule has 0 nitrogen and oxygen atoms in total. The van der Waals surface area contributed by atoms with Crippen LogP contribution in [0.2, 0.25) is 10.0 Å². The summed E-state index contributed by atoms with van der Waals surface area (Å²) in [5, 5.41) is 1.46. The maximum atomic E-state index is 6.27. The summed E-state index contributed by atoms with van der Waals surface area (Å²) in [5.74, 6) is 0. The molecule has 17 heavy (non-hydrogen) atoms. The third-order valence-corrected chi connectivity index (χ3v) is 5.00. The lowest BCUT2D eigenvalue weighted by atomic mass is 10.1. The molecule has 0 aliphatic rings. The van der Waals surface area contributed by atoms with Crippen LogP contribution in [0.5, 0.6) is 0 Å². The Morgan fingerprint density at radius 2 is 1.59 bits per heavy atom. The van der Waals surface area contributed by atoms with E-state index in [1.54, 1.807) is 0 Å². The highest BCUT2D eigenvalue weighted by atomic mass is 79.9. The van der Waals surface area contributed by atoms with Crippen LogP contribution >= 0.6 is 55.1 Å². The summed E-state index contributed by atoms with van der Waals surface area (Å²) in [5.41, 5.74) is 2.15. The second kappa shape index (κ2) is 5.75. The molecule has 1 unspecified atom stereocenters. The SMILES string of the molecule is Clc1ccc(C(Br)c2cccc(Br)c2Cl)cc1. The third-order valence-electron chi connectivity index (χ3n) is 2.42. The quantitative estimate of drug-likeness (QED) is 0.529. The van der Waals surface area contributed by atoms with Crippen molar-refractivity contribution in [1.82, 2.24) is 0 Å². The molecule has 0 saturated carbocycles. The number of rotatable bonds is 2. The first-order valence-corrected chi connectivity index (χ1v) is 7.39. The first-order valence-electron chi connectivity index (χ1n) is 4.93. The van der Waals surface area contributed by atoms with Crippen molar-refractivity contribution in [2.45, 2.75) is 4.83 Å². The van der Waals surface area contributed by atoms with Crippen LogP contribution in [-0.2, 0) is 0 Å². The number of hydrogen-bond acceptors (Lipinski definition) is 0. The number of halogens is 4. The van der Waals surface area contributed by atoms with E-state index in [1.807, 2.05) is 42.5 Å². The van der Waals surface area contributed by atoms with Crippen LogP contribution in [-0.4, -0.2) is 0 Å². The average Bonchev–Trinajstić information content (AvgIpc) is 2.33. The van der Waals surface area contributed by atoms with Gasteiger partial charge in [0.05, 0.1) is 9.85 Å². The lowest BCUT2D eigenvalue weighted by Crippen LogP contribution is -1.93. The molecule has 88 valence electrons. The standard InChI is InChI=1S/C13H8Br2Cl2/c14-11-3-1-2-10(13(11)17)12(15)8-4-6-9(16)7-5-8/h1-7,12H. The lowest BCUT2D eigenvalue weighted by Gasteiger charge is -2.13. The van der Waals surface area contributed by atoms with E-state index in [-0.39, 0.29) is 4.83 Å². The zero-order chi connectivity index (χ0) is 12.4. The second-order valence-electron chi connectivity index (χ2n) is 3.56. The molecule has 1 atom stereocenters. The molecule has 0 fully saturated rings. The molecule has 0 bridgehead atoms. The molecule has 0 amide bonds. The average molecular weight is 395 g/mol. The van der Waals surface area contributed by atoms with E-state index in [0.29, 0.717) is 0 Å². The van der Waals surface area contributed by atoms with Gasteiger partial charge in [-0.05, 0) is 45.3 Å². The highest BCUT2D eigenvalue weighted by molar-refractivity contribution is 9.10. The lowest BCUT2D eigenvalue weighted by molar-refractivity contribution is 1.17. The molecule has 0 aromatic heterocycles. The van der Waals surface area contributed by atoms with Crippen LogP contribution < -0.4 is 0 Å². The van der Waals surface area contributed by atoms with Gasteiger partial charge in [-0.25, -0.2) is 0 Å². The maximum absolute atomic E-state index is 6.27. The molecule has 2 aromatic carbocycles. The van der Waals surface area contributed by atoms with Gasteiger partial charge < -0.3 is 0 Å². The monoisotopic (exact) mass is 392 g/mol. The van der Waals surface area contributed by atoms with Gasteiger partial charge in [0.25, 0.3) is 0 Å². The predicted molar refractivity (Wildman–Crippen MR) is 81.4 cm³/mol. The van der Waals surface area contributed by atoms with E-state index >= 15 is 0 Å². The fourth-order valence-corrected chi connectivity index (χ4v) is 3.09. The fraction of sp³-hybridized carbons (Fsp3) is 0.0769. The van der Waals surface area contributed by atoms with Crippen molar-refractivity contribution in [2.24, 2.45) is 0 Å². The topological polar surface area (TPSA) is 0 Å². The molecule has 0 N–H and O–H groups in total. The van der Waals surface area contributed by atoms with Crippen molar-refractivity contribution >= 4 is 55.1 Å². The van der Waals surface area contributed by atoms with Crippen LogP contribution in [0.4, 0.5) is 0 Å². The molecule has 0 radical (unpaired) electrons. The Hall–Kier alpha value is -0.0200.